The molecule has 1 aliphatic heterocycles. The lowest BCUT2D eigenvalue weighted by Gasteiger charge is -2.29. The van der Waals surface area contributed by atoms with E-state index in [0.29, 0.717) is 6.92 Å². The van der Waals surface area contributed by atoms with Gasteiger partial charge in [0, 0.05) is 25.8 Å². The fourth-order valence-electron chi connectivity index (χ4n) is 2.87. The second kappa shape index (κ2) is 6.16. The van der Waals surface area contributed by atoms with Gasteiger partial charge in [0.1, 0.15) is 5.92 Å². The maximum Gasteiger partial charge on any atom is 0.309 e. The minimum Gasteiger partial charge on any atom is -0.287 e. The summed E-state index contributed by atoms with van der Waals surface area (Å²) in [6, 6.07) is 2.95. The Labute approximate surface area is 161 Å². The summed E-state index contributed by atoms with van der Waals surface area (Å²) in [5.74, 6) is -6.54. The number of alkyl halides is 2. The lowest BCUT2D eigenvalue weighted by atomic mass is 9.90. The average Bonchev–Trinajstić information content (AvgIpc) is 2.93. The summed E-state index contributed by atoms with van der Waals surface area (Å²) >= 11 is 3.10. The number of nitrogens with zero attached hydrogens (tertiary/aromatic N) is 4. The van der Waals surface area contributed by atoms with E-state index < -0.39 is 43.8 Å². The van der Waals surface area contributed by atoms with E-state index in [4.69, 9.17) is 0 Å². The van der Waals surface area contributed by atoms with E-state index in [2.05, 4.69) is 26.1 Å². The predicted molar refractivity (Wildman–Crippen MR) is 92.8 cm³/mol. The fourth-order valence-corrected chi connectivity index (χ4v) is 4.32. The molecule has 3 rings (SSSR count). The van der Waals surface area contributed by atoms with Crippen LogP contribution in [-0.4, -0.2) is 48.3 Å². The van der Waals surface area contributed by atoms with Gasteiger partial charge in [-0.05, 0) is 27.6 Å². The number of hydrogen-bond acceptors (Lipinski definition) is 6. The molecular formula is C15H13BrF2N4O4S. The van der Waals surface area contributed by atoms with Gasteiger partial charge in [-0.15, -0.1) is 10.2 Å². The van der Waals surface area contributed by atoms with Gasteiger partial charge in [0.25, 0.3) is 5.92 Å². The second-order valence-corrected chi connectivity index (χ2v) is 8.87. The minimum absolute atomic E-state index is 0.00474. The SMILES string of the molecule is CN1C(=O)C(=O)C(c2ccc(C(C)(F)F)cc2S(C)(=O)=O)c2nnc(Br)n21. The van der Waals surface area contributed by atoms with Crippen molar-refractivity contribution in [3.63, 3.8) is 0 Å². The maximum atomic E-state index is 13.7. The first kappa shape index (κ1) is 19.5. The van der Waals surface area contributed by atoms with Gasteiger partial charge in [-0.1, -0.05) is 12.1 Å². The lowest BCUT2D eigenvalue weighted by Crippen LogP contribution is -2.49. The topological polar surface area (TPSA) is 102 Å². The smallest absolute Gasteiger partial charge is 0.287 e. The minimum atomic E-state index is -4.00. The quantitative estimate of drug-likeness (QED) is 0.638. The molecular weight excluding hydrogens is 450 g/mol. The highest BCUT2D eigenvalue weighted by Crippen LogP contribution is 2.37. The Morgan fingerprint density at radius 1 is 1.22 bits per heavy atom. The van der Waals surface area contributed by atoms with Crippen molar-refractivity contribution >= 4 is 37.5 Å². The van der Waals surface area contributed by atoms with E-state index in [-0.39, 0.29) is 16.1 Å². The number of aromatic nitrogens is 3. The summed E-state index contributed by atoms with van der Waals surface area (Å²) in [7, 11) is -2.67. The first-order chi connectivity index (χ1) is 12.3. The molecule has 0 saturated carbocycles. The number of carbonyl (C=O) groups excluding carboxylic acids is 2. The van der Waals surface area contributed by atoms with Crippen molar-refractivity contribution in [2.75, 3.05) is 18.3 Å². The number of Topliss-reactive ketones (excluding diaryl/α,β-unsaturated/α-hetero) is 1. The van der Waals surface area contributed by atoms with Gasteiger partial charge < -0.3 is 0 Å². The Balaban J connectivity index is 2.32. The first-order valence-electron chi connectivity index (χ1n) is 7.49. The van der Waals surface area contributed by atoms with Gasteiger partial charge in [-0.3, -0.25) is 9.59 Å². The molecule has 0 fully saturated rings. The molecule has 8 nitrogen and oxygen atoms in total. The van der Waals surface area contributed by atoms with Crippen LogP contribution in [0.5, 0.6) is 0 Å². The van der Waals surface area contributed by atoms with Gasteiger partial charge in [0.2, 0.25) is 10.5 Å². The van der Waals surface area contributed by atoms with E-state index in [1.807, 2.05) is 0 Å². The molecule has 0 saturated heterocycles. The molecule has 12 heteroatoms. The number of hydrogen-bond donors (Lipinski definition) is 0. The fraction of sp³-hybridized carbons (Fsp3) is 0.333. The van der Waals surface area contributed by atoms with Gasteiger partial charge >= 0.3 is 5.91 Å². The third-order valence-corrected chi connectivity index (χ3v) is 5.83. The molecule has 1 aromatic carbocycles. The molecule has 0 N–H and O–H groups in total. The number of sulfone groups is 1. The van der Waals surface area contributed by atoms with Crippen molar-refractivity contribution < 1.29 is 26.8 Å². The summed E-state index contributed by atoms with van der Waals surface area (Å²) in [4.78, 5) is 24.5. The molecule has 2 heterocycles. The highest BCUT2D eigenvalue weighted by molar-refractivity contribution is 9.10. The van der Waals surface area contributed by atoms with E-state index in [9.17, 15) is 26.8 Å². The van der Waals surface area contributed by atoms with E-state index in [0.717, 1.165) is 29.5 Å². The van der Waals surface area contributed by atoms with Crippen LogP contribution in [0.4, 0.5) is 8.78 Å². The zero-order valence-corrected chi connectivity index (χ0v) is 16.7. The van der Waals surface area contributed by atoms with E-state index in [1.165, 1.54) is 11.7 Å². The Bertz CT molecular complexity index is 1080. The van der Waals surface area contributed by atoms with Crippen molar-refractivity contribution in [3.8, 4) is 0 Å². The standard InChI is InChI=1S/C15H13BrF2N4O4S/c1-15(17,18)7-4-5-8(9(6-7)27(3,25)26)10-11(23)13(24)21(2)22-12(10)19-20-14(22)16/h4-6,10H,1-3H3. The number of fused-ring (bicyclic) bond motifs is 1. The summed E-state index contributed by atoms with van der Waals surface area (Å²) < 4.78 is 53.2. The monoisotopic (exact) mass is 462 g/mol. The van der Waals surface area contributed by atoms with Crippen LogP contribution in [0.25, 0.3) is 0 Å². The Morgan fingerprint density at radius 3 is 2.41 bits per heavy atom. The Morgan fingerprint density at radius 2 is 1.85 bits per heavy atom. The number of amides is 1. The molecule has 0 bridgehead atoms. The number of halogens is 3. The first-order valence-corrected chi connectivity index (χ1v) is 10.2. The Hall–Kier alpha value is -2.21. The molecule has 1 aliphatic rings. The molecule has 1 unspecified atom stereocenters. The third-order valence-electron chi connectivity index (χ3n) is 4.18. The van der Waals surface area contributed by atoms with Gasteiger partial charge in [0.05, 0.1) is 4.90 Å². The molecule has 1 atom stereocenters. The van der Waals surface area contributed by atoms with E-state index >= 15 is 0 Å². The third kappa shape index (κ3) is 3.16. The summed E-state index contributed by atoms with van der Waals surface area (Å²) in [6.45, 7) is 0.631. The van der Waals surface area contributed by atoms with E-state index in [1.54, 1.807) is 0 Å². The number of benzene rings is 1. The molecule has 1 amide bonds. The molecule has 0 spiro atoms. The van der Waals surface area contributed by atoms with Crippen LogP contribution in [0, 0.1) is 0 Å². The van der Waals surface area contributed by atoms with Crippen LogP contribution in [0.15, 0.2) is 27.8 Å². The number of rotatable bonds is 3. The lowest BCUT2D eigenvalue weighted by molar-refractivity contribution is -0.138. The summed E-state index contributed by atoms with van der Waals surface area (Å²) in [5, 5.41) is 8.59. The molecule has 0 radical (unpaired) electrons. The predicted octanol–water partition coefficient (Wildman–Crippen LogP) is 1.36. The van der Waals surface area contributed by atoms with Gasteiger partial charge in [-0.25, -0.2) is 26.9 Å². The molecule has 27 heavy (non-hydrogen) atoms. The van der Waals surface area contributed by atoms with Crippen LogP contribution in [0.1, 0.15) is 29.8 Å². The van der Waals surface area contributed by atoms with Crippen molar-refractivity contribution in [1.82, 2.24) is 14.9 Å². The van der Waals surface area contributed by atoms with Gasteiger partial charge in [-0.2, -0.15) is 0 Å². The highest BCUT2D eigenvalue weighted by Gasteiger charge is 2.43. The highest BCUT2D eigenvalue weighted by atomic mass is 79.9. The second-order valence-electron chi connectivity index (χ2n) is 6.18. The van der Waals surface area contributed by atoms with Crippen molar-refractivity contribution in [2.45, 2.75) is 23.7 Å². The molecule has 0 aliphatic carbocycles. The van der Waals surface area contributed by atoms with Crippen molar-refractivity contribution in [2.24, 2.45) is 0 Å². The Kier molecular flexibility index (Phi) is 4.46. The van der Waals surface area contributed by atoms with Gasteiger partial charge in [0.15, 0.2) is 15.7 Å². The summed E-state index contributed by atoms with van der Waals surface area (Å²) in [5.41, 5.74) is -0.640. The van der Waals surface area contributed by atoms with Crippen LogP contribution >= 0.6 is 15.9 Å². The van der Waals surface area contributed by atoms with Crippen LogP contribution in [0.2, 0.25) is 0 Å². The van der Waals surface area contributed by atoms with Crippen LogP contribution in [0.3, 0.4) is 0 Å². The van der Waals surface area contributed by atoms with Crippen LogP contribution in [-0.2, 0) is 25.3 Å². The average molecular weight is 463 g/mol. The van der Waals surface area contributed by atoms with Crippen LogP contribution < -0.4 is 5.01 Å². The number of likely N-dealkylation sites (N-methyl/N-ethyl adjacent to an activating group) is 1. The zero-order valence-electron chi connectivity index (χ0n) is 14.3. The van der Waals surface area contributed by atoms with Crippen molar-refractivity contribution in [1.29, 1.82) is 0 Å². The summed E-state index contributed by atoms with van der Waals surface area (Å²) in [6.07, 6.45) is 0.839. The molecule has 1 aromatic heterocycles. The normalized spacial score (nSPS) is 18.0. The maximum absolute atomic E-state index is 13.7. The largest absolute Gasteiger partial charge is 0.309 e. The zero-order chi connectivity index (χ0) is 20.3. The molecule has 144 valence electrons. The van der Waals surface area contributed by atoms with Crippen molar-refractivity contribution in [3.05, 3.63) is 39.9 Å². The molecule has 2 aromatic rings. The number of ketones is 1. The number of carbonyl (C=O) groups is 2.